The molecule has 0 aliphatic heterocycles. The summed E-state index contributed by atoms with van der Waals surface area (Å²) in [7, 11) is 0. The third kappa shape index (κ3) is 5.36. The van der Waals surface area contributed by atoms with E-state index in [0.717, 1.165) is 22.4 Å². The number of halogens is 1. The molecular formula is C22H18ClN3O. The highest BCUT2D eigenvalue weighted by molar-refractivity contribution is 6.33. The molecule has 3 aromatic rings. The zero-order valence-corrected chi connectivity index (χ0v) is 15.5. The summed E-state index contributed by atoms with van der Waals surface area (Å²) in [4.78, 5) is 16.4. The monoisotopic (exact) mass is 375 g/mol. The fraction of sp³-hybridized carbons (Fsp3) is 0.0455. The van der Waals surface area contributed by atoms with E-state index in [0.29, 0.717) is 10.6 Å². The number of aryl methyl sites for hydroxylation is 1. The number of para-hydroxylation sites is 1. The summed E-state index contributed by atoms with van der Waals surface area (Å²) in [5.41, 5.74) is 6.74. The van der Waals surface area contributed by atoms with Gasteiger partial charge in [-0.2, -0.15) is 5.10 Å². The second-order valence-corrected chi connectivity index (χ2v) is 6.35. The number of benzene rings is 3. The molecule has 0 saturated carbocycles. The lowest BCUT2D eigenvalue weighted by atomic mass is 10.1. The van der Waals surface area contributed by atoms with E-state index in [9.17, 15) is 4.79 Å². The number of nitrogens with one attached hydrogen (secondary N) is 1. The summed E-state index contributed by atoms with van der Waals surface area (Å²) in [5, 5.41) is 4.61. The molecule has 3 aromatic carbocycles. The second-order valence-electron chi connectivity index (χ2n) is 5.94. The molecule has 0 fully saturated rings. The van der Waals surface area contributed by atoms with Crippen LogP contribution in [0.25, 0.3) is 0 Å². The fourth-order valence-corrected chi connectivity index (χ4v) is 2.49. The SMILES string of the molecule is Cc1ccc(C(=O)NN=Cc2ccc(C=Nc3ccccc3Cl)cc2)cc1. The summed E-state index contributed by atoms with van der Waals surface area (Å²) in [6.07, 6.45) is 3.35. The Morgan fingerprint density at radius 1 is 0.889 bits per heavy atom. The first-order valence-corrected chi connectivity index (χ1v) is 8.78. The molecule has 0 heterocycles. The summed E-state index contributed by atoms with van der Waals surface area (Å²) >= 11 is 6.08. The Kier molecular flexibility index (Phi) is 6.13. The van der Waals surface area contributed by atoms with Crippen molar-refractivity contribution in [3.05, 3.63) is 100 Å². The third-order valence-electron chi connectivity index (χ3n) is 3.84. The molecule has 0 aliphatic rings. The highest BCUT2D eigenvalue weighted by Crippen LogP contribution is 2.23. The average molecular weight is 376 g/mol. The number of hydrogen-bond donors (Lipinski definition) is 1. The minimum Gasteiger partial charge on any atom is -0.267 e. The Morgan fingerprint density at radius 3 is 2.19 bits per heavy atom. The molecule has 0 aromatic heterocycles. The number of carbonyl (C=O) groups excluding carboxylic acids is 1. The predicted octanol–water partition coefficient (Wildman–Crippen LogP) is 5.16. The molecule has 0 unspecified atom stereocenters. The first kappa shape index (κ1) is 18.5. The van der Waals surface area contributed by atoms with Crippen LogP contribution < -0.4 is 5.43 Å². The van der Waals surface area contributed by atoms with Gasteiger partial charge in [-0.25, -0.2) is 5.43 Å². The summed E-state index contributed by atoms with van der Waals surface area (Å²) in [6.45, 7) is 1.97. The van der Waals surface area contributed by atoms with Gasteiger partial charge in [0.1, 0.15) is 0 Å². The lowest BCUT2D eigenvalue weighted by molar-refractivity contribution is 0.0955. The number of rotatable bonds is 5. The van der Waals surface area contributed by atoms with E-state index in [1.165, 1.54) is 0 Å². The number of hydrazone groups is 1. The molecule has 0 bridgehead atoms. The third-order valence-corrected chi connectivity index (χ3v) is 4.15. The topological polar surface area (TPSA) is 53.8 Å². The van der Waals surface area contributed by atoms with Gasteiger partial charge in [-0.05, 0) is 42.3 Å². The van der Waals surface area contributed by atoms with Crippen LogP contribution in [-0.4, -0.2) is 18.3 Å². The maximum atomic E-state index is 12.0. The number of hydrogen-bond acceptors (Lipinski definition) is 3. The zero-order chi connectivity index (χ0) is 19.1. The van der Waals surface area contributed by atoms with Gasteiger partial charge in [0.25, 0.3) is 5.91 Å². The van der Waals surface area contributed by atoms with Crippen molar-refractivity contribution in [2.75, 3.05) is 0 Å². The Morgan fingerprint density at radius 2 is 1.52 bits per heavy atom. The van der Waals surface area contributed by atoms with Crippen molar-refractivity contribution in [2.45, 2.75) is 6.92 Å². The number of aliphatic imine (C=N–C) groups is 1. The van der Waals surface area contributed by atoms with Crippen molar-refractivity contribution >= 4 is 35.6 Å². The summed E-state index contributed by atoms with van der Waals surface area (Å²) in [6, 6.07) is 22.4. The maximum Gasteiger partial charge on any atom is 0.271 e. The van der Waals surface area contributed by atoms with Gasteiger partial charge in [0.05, 0.1) is 16.9 Å². The van der Waals surface area contributed by atoms with Crippen molar-refractivity contribution < 1.29 is 4.79 Å². The molecule has 3 rings (SSSR count). The van der Waals surface area contributed by atoms with Gasteiger partial charge in [-0.3, -0.25) is 9.79 Å². The molecular weight excluding hydrogens is 358 g/mol. The van der Waals surface area contributed by atoms with Gasteiger partial charge in [0.2, 0.25) is 0 Å². The van der Waals surface area contributed by atoms with E-state index in [1.807, 2.05) is 61.5 Å². The molecule has 0 spiro atoms. The molecule has 4 nitrogen and oxygen atoms in total. The largest absolute Gasteiger partial charge is 0.271 e. The van der Waals surface area contributed by atoms with Gasteiger partial charge in [0, 0.05) is 11.8 Å². The van der Waals surface area contributed by atoms with Crippen LogP contribution >= 0.6 is 11.6 Å². The van der Waals surface area contributed by atoms with Gasteiger partial charge >= 0.3 is 0 Å². The quantitative estimate of drug-likeness (QED) is 0.485. The maximum absolute atomic E-state index is 12.0. The smallest absolute Gasteiger partial charge is 0.267 e. The Hall–Kier alpha value is -3.24. The molecule has 1 N–H and O–H groups in total. The van der Waals surface area contributed by atoms with Crippen LogP contribution in [0.3, 0.4) is 0 Å². The van der Waals surface area contributed by atoms with Crippen molar-refractivity contribution in [1.29, 1.82) is 0 Å². The minimum atomic E-state index is -0.241. The first-order valence-electron chi connectivity index (χ1n) is 8.40. The molecule has 0 atom stereocenters. The standard InChI is InChI=1S/C22H18ClN3O/c1-16-6-12-19(13-7-16)22(27)26-25-15-18-10-8-17(9-11-18)14-24-21-5-3-2-4-20(21)23/h2-15H,1H3,(H,26,27). The lowest BCUT2D eigenvalue weighted by Gasteiger charge is -2.00. The molecule has 1 amide bonds. The van der Waals surface area contributed by atoms with E-state index < -0.39 is 0 Å². The van der Waals surface area contributed by atoms with Crippen molar-refractivity contribution in [3.8, 4) is 0 Å². The van der Waals surface area contributed by atoms with Gasteiger partial charge in [0.15, 0.2) is 0 Å². The number of amides is 1. The van der Waals surface area contributed by atoms with Crippen LogP contribution in [0.2, 0.25) is 5.02 Å². The van der Waals surface area contributed by atoms with E-state index in [2.05, 4.69) is 15.5 Å². The van der Waals surface area contributed by atoms with E-state index in [4.69, 9.17) is 11.6 Å². The van der Waals surface area contributed by atoms with Crippen LogP contribution in [-0.2, 0) is 0 Å². The molecule has 5 heteroatoms. The van der Waals surface area contributed by atoms with E-state index >= 15 is 0 Å². The van der Waals surface area contributed by atoms with Crippen LogP contribution in [0.1, 0.15) is 27.0 Å². The predicted molar refractivity (Wildman–Crippen MR) is 111 cm³/mol. The Bertz CT molecular complexity index is 977. The minimum absolute atomic E-state index is 0.241. The first-order chi connectivity index (χ1) is 13.1. The zero-order valence-electron chi connectivity index (χ0n) is 14.8. The molecule has 0 aliphatic carbocycles. The lowest BCUT2D eigenvalue weighted by Crippen LogP contribution is -2.17. The van der Waals surface area contributed by atoms with Crippen molar-refractivity contribution in [2.24, 2.45) is 10.1 Å². The van der Waals surface area contributed by atoms with Crippen molar-refractivity contribution in [3.63, 3.8) is 0 Å². The van der Waals surface area contributed by atoms with Crippen LogP contribution in [0.4, 0.5) is 5.69 Å². The number of nitrogens with zero attached hydrogens (tertiary/aromatic N) is 2. The van der Waals surface area contributed by atoms with Crippen molar-refractivity contribution in [1.82, 2.24) is 5.43 Å². The highest BCUT2D eigenvalue weighted by atomic mass is 35.5. The van der Waals surface area contributed by atoms with Crippen LogP contribution in [0, 0.1) is 6.92 Å². The van der Waals surface area contributed by atoms with Gasteiger partial charge in [-0.1, -0.05) is 65.7 Å². The van der Waals surface area contributed by atoms with Crippen LogP contribution in [0.5, 0.6) is 0 Å². The fourth-order valence-electron chi connectivity index (χ4n) is 2.30. The second kappa shape index (κ2) is 8.92. The number of carbonyl (C=O) groups is 1. The Balaban J connectivity index is 1.58. The van der Waals surface area contributed by atoms with E-state index in [1.54, 1.807) is 30.6 Å². The molecule has 27 heavy (non-hydrogen) atoms. The average Bonchev–Trinajstić information content (AvgIpc) is 2.69. The summed E-state index contributed by atoms with van der Waals surface area (Å²) in [5.74, 6) is -0.241. The molecule has 134 valence electrons. The van der Waals surface area contributed by atoms with Gasteiger partial charge in [-0.15, -0.1) is 0 Å². The van der Waals surface area contributed by atoms with E-state index in [-0.39, 0.29) is 5.91 Å². The highest BCUT2D eigenvalue weighted by Gasteiger charge is 2.02. The van der Waals surface area contributed by atoms with Gasteiger partial charge < -0.3 is 0 Å². The van der Waals surface area contributed by atoms with Crippen LogP contribution in [0.15, 0.2) is 82.9 Å². The molecule has 0 radical (unpaired) electrons. The summed E-state index contributed by atoms with van der Waals surface area (Å²) < 4.78 is 0. The molecule has 0 saturated heterocycles. The Labute approximate surface area is 163 Å². The normalized spacial score (nSPS) is 11.2.